The molecule has 1 unspecified atom stereocenters. The fraction of sp³-hybridized carbons (Fsp3) is 0.412. The smallest absolute Gasteiger partial charge is 0.270 e. The third-order valence-corrected chi connectivity index (χ3v) is 5.03. The van der Waals surface area contributed by atoms with Crippen LogP contribution in [0.25, 0.3) is 0 Å². The molecule has 0 aliphatic carbocycles. The van der Waals surface area contributed by atoms with E-state index < -0.39 is 0 Å². The van der Waals surface area contributed by atoms with Crippen molar-refractivity contribution in [3.63, 3.8) is 0 Å². The molecule has 2 heterocycles. The van der Waals surface area contributed by atoms with Crippen LogP contribution in [0.4, 0.5) is 4.39 Å². The van der Waals surface area contributed by atoms with Gasteiger partial charge >= 0.3 is 0 Å². The molecule has 1 aromatic heterocycles. The van der Waals surface area contributed by atoms with Gasteiger partial charge < -0.3 is 15.8 Å². The van der Waals surface area contributed by atoms with E-state index in [-0.39, 0.29) is 17.8 Å². The topological polar surface area (TPSA) is 80.5 Å². The predicted octanol–water partition coefficient (Wildman–Crippen LogP) is 1.54. The normalized spacial score (nSPS) is 16.6. The van der Waals surface area contributed by atoms with Crippen molar-refractivity contribution in [1.82, 2.24) is 15.2 Å². The molecule has 0 spiro atoms. The summed E-state index contributed by atoms with van der Waals surface area (Å²) >= 11 is 1.37. The molecule has 1 atom stereocenters. The molecule has 0 bridgehead atoms. The second-order valence-corrected chi connectivity index (χ2v) is 6.70. The molecule has 134 valence electrons. The summed E-state index contributed by atoms with van der Waals surface area (Å²) in [6.07, 6.45) is 0. The molecule has 8 heteroatoms. The number of carbonyl (C=O) groups excluding carboxylic acids is 1. The lowest BCUT2D eigenvalue weighted by Crippen LogP contribution is -2.43. The molecule has 1 aliphatic rings. The Bertz CT molecular complexity index is 701. The molecule has 1 saturated heterocycles. The van der Waals surface area contributed by atoms with Gasteiger partial charge in [-0.3, -0.25) is 9.69 Å². The van der Waals surface area contributed by atoms with Crippen LogP contribution in [0.2, 0.25) is 0 Å². The van der Waals surface area contributed by atoms with Crippen LogP contribution in [0.1, 0.15) is 27.1 Å². The van der Waals surface area contributed by atoms with E-state index in [2.05, 4.69) is 15.2 Å². The van der Waals surface area contributed by atoms with Crippen molar-refractivity contribution >= 4 is 17.2 Å². The van der Waals surface area contributed by atoms with E-state index in [1.165, 1.54) is 23.5 Å². The zero-order valence-corrected chi connectivity index (χ0v) is 14.6. The summed E-state index contributed by atoms with van der Waals surface area (Å²) in [4.78, 5) is 18.8. The number of carbonyl (C=O) groups is 1. The lowest BCUT2D eigenvalue weighted by Gasteiger charge is -2.34. The Kier molecular flexibility index (Phi) is 6.09. The number of benzene rings is 1. The number of morpholine rings is 1. The van der Waals surface area contributed by atoms with E-state index in [1.54, 1.807) is 17.5 Å². The molecular formula is C17H21FN4O2S. The summed E-state index contributed by atoms with van der Waals surface area (Å²) in [6, 6.07) is 6.37. The van der Waals surface area contributed by atoms with Crippen molar-refractivity contribution in [3.05, 3.63) is 51.7 Å². The third kappa shape index (κ3) is 4.60. The molecule has 1 fully saturated rings. The Hall–Kier alpha value is -1.87. The Balaban J connectivity index is 1.70. The molecule has 3 N–H and O–H groups in total. The van der Waals surface area contributed by atoms with E-state index in [4.69, 9.17) is 10.5 Å². The first-order valence-electron chi connectivity index (χ1n) is 8.17. The van der Waals surface area contributed by atoms with Gasteiger partial charge in [0.1, 0.15) is 16.5 Å². The van der Waals surface area contributed by atoms with Crippen LogP contribution >= 0.6 is 11.3 Å². The highest BCUT2D eigenvalue weighted by molar-refractivity contribution is 7.09. The zero-order valence-electron chi connectivity index (χ0n) is 13.8. The van der Waals surface area contributed by atoms with Gasteiger partial charge in [-0.15, -0.1) is 11.3 Å². The molecule has 0 radical (unpaired) electrons. The molecule has 6 nitrogen and oxygen atoms in total. The van der Waals surface area contributed by atoms with Crippen molar-refractivity contribution in [2.24, 2.45) is 5.73 Å². The second-order valence-electron chi connectivity index (χ2n) is 5.76. The average Bonchev–Trinajstić information content (AvgIpc) is 3.13. The summed E-state index contributed by atoms with van der Waals surface area (Å²) in [5.41, 5.74) is 6.88. The number of nitrogens with one attached hydrogen (secondary N) is 1. The Morgan fingerprint density at radius 1 is 1.36 bits per heavy atom. The van der Waals surface area contributed by atoms with E-state index in [1.807, 2.05) is 0 Å². The molecule has 0 saturated carbocycles. The van der Waals surface area contributed by atoms with Crippen LogP contribution in [0.3, 0.4) is 0 Å². The predicted molar refractivity (Wildman–Crippen MR) is 93.9 cm³/mol. The van der Waals surface area contributed by atoms with Crippen molar-refractivity contribution in [2.75, 3.05) is 32.8 Å². The van der Waals surface area contributed by atoms with Gasteiger partial charge in [0.05, 0.1) is 19.3 Å². The lowest BCUT2D eigenvalue weighted by molar-refractivity contribution is 0.0162. The van der Waals surface area contributed by atoms with Crippen molar-refractivity contribution < 1.29 is 13.9 Å². The van der Waals surface area contributed by atoms with Gasteiger partial charge in [-0.25, -0.2) is 9.37 Å². The molecule has 1 aliphatic heterocycles. The average molecular weight is 364 g/mol. The van der Waals surface area contributed by atoms with Crippen molar-refractivity contribution in [2.45, 2.75) is 12.6 Å². The first-order valence-corrected chi connectivity index (χ1v) is 9.05. The van der Waals surface area contributed by atoms with E-state index in [0.29, 0.717) is 32.0 Å². The Morgan fingerprint density at radius 2 is 2.08 bits per heavy atom. The quantitative estimate of drug-likeness (QED) is 0.813. The highest BCUT2D eigenvalue weighted by atomic mass is 32.1. The van der Waals surface area contributed by atoms with E-state index in [0.717, 1.165) is 23.7 Å². The monoisotopic (exact) mass is 364 g/mol. The Labute approximate surface area is 149 Å². The van der Waals surface area contributed by atoms with Crippen LogP contribution in [0.5, 0.6) is 0 Å². The van der Waals surface area contributed by atoms with Crippen molar-refractivity contribution in [1.29, 1.82) is 0 Å². The molecule has 25 heavy (non-hydrogen) atoms. The number of thiazole rings is 1. The standard InChI is InChI=1S/C17H21FN4O2S/c18-13-3-1-12(2-4-13)15(22-5-7-24-8-6-22)10-20-17(23)14-11-25-16(9-19)21-14/h1-4,11,15H,5-10,19H2,(H,20,23). The molecule has 1 aromatic carbocycles. The van der Waals surface area contributed by atoms with Crippen LogP contribution in [0, 0.1) is 5.82 Å². The fourth-order valence-corrected chi connectivity index (χ4v) is 3.48. The largest absolute Gasteiger partial charge is 0.379 e. The number of rotatable bonds is 6. The van der Waals surface area contributed by atoms with Gasteiger partial charge in [0.25, 0.3) is 5.91 Å². The maximum atomic E-state index is 13.2. The number of nitrogens with zero attached hydrogens (tertiary/aromatic N) is 2. The zero-order chi connectivity index (χ0) is 17.6. The van der Waals surface area contributed by atoms with Gasteiger partial charge in [-0.2, -0.15) is 0 Å². The Morgan fingerprint density at radius 3 is 2.72 bits per heavy atom. The van der Waals surface area contributed by atoms with Crippen LogP contribution in [0.15, 0.2) is 29.6 Å². The highest BCUT2D eigenvalue weighted by Crippen LogP contribution is 2.22. The van der Waals surface area contributed by atoms with E-state index >= 15 is 0 Å². The molecule has 2 aromatic rings. The minimum atomic E-state index is -0.273. The minimum absolute atomic E-state index is 0.0407. The van der Waals surface area contributed by atoms with E-state index in [9.17, 15) is 9.18 Å². The number of amides is 1. The summed E-state index contributed by atoms with van der Waals surface area (Å²) in [5, 5.41) is 5.37. The van der Waals surface area contributed by atoms with Gasteiger partial charge in [0, 0.05) is 31.6 Å². The minimum Gasteiger partial charge on any atom is -0.379 e. The number of halogens is 1. The first-order chi connectivity index (χ1) is 12.2. The molecule has 1 amide bonds. The maximum absolute atomic E-state index is 13.2. The molecular weight excluding hydrogens is 343 g/mol. The van der Waals surface area contributed by atoms with Gasteiger partial charge in [-0.1, -0.05) is 12.1 Å². The van der Waals surface area contributed by atoms with Crippen LogP contribution in [-0.4, -0.2) is 48.6 Å². The summed E-state index contributed by atoms with van der Waals surface area (Å²) < 4.78 is 18.6. The van der Waals surface area contributed by atoms with Crippen LogP contribution in [-0.2, 0) is 11.3 Å². The summed E-state index contributed by atoms with van der Waals surface area (Å²) in [6.45, 7) is 3.58. The van der Waals surface area contributed by atoms with Crippen molar-refractivity contribution in [3.8, 4) is 0 Å². The second kappa shape index (κ2) is 8.48. The maximum Gasteiger partial charge on any atom is 0.270 e. The van der Waals surface area contributed by atoms with Gasteiger partial charge in [0.2, 0.25) is 0 Å². The van der Waals surface area contributed by atoms with Gasteiger partial charge in [-0.05, 0) is 17.7 Å². The highest BCUT2D eigenvalue weighted by Gasteiger charge is 2.23. The number of hydrogen-bond acceptors (Lipinski definition) is 6. The third-order valence-electron chi connectivity index (χ3n) is 4.16. The number of nitrogens with two attached hydrogens (primary N) is 1. The lowest BCUT2D eigenvalue weighted by atomic mass is 10.0. The summed E-state index contributed by atoms with van der Waals surface area (Å²) in [5.74, 6) is -0.498. The van der Waals surface area contributed by atoms with Crippen LogP contribution < -0.4 is 11.1 Å². The van der Waals surface area contributed by atoms with Gasteiger partial charge in [0.15, 0.2) is 0 Å². The number of hydrogen-bond donors (Lipinski definition) is 2. The SMILES string of the molecule is NCc1nc(C(=O)NCC(c2ccc(F)cc2)N2CCOCC2)cs1. The number of ether oxygens (including phenoxy) is 1. The summed E-state index contributed by atoms with van der Waals surface area (Å²) in [7, 11) is 0. The molecule has 3 rings (SSSR count). The fourth-order valence-electron chi connectivity index (χ4n) is 2.82. The number of aromatic nitrogens is 1. The first kappa shape index (κ1) is 17.9.